The second-order valence-electron chi connectivity index (χ2n) is 5.37. The third kappa shape index (κ3) is 2.84. The predicted molar refractivity (Wildman–Crippen MR) is 84.0 cm³/mol. The van der Waals surface area contributed by atoms with Crippen molar-refractivity contribution < 1.29 is 9.90 Å². The Kier molecular flexibility index (Phi) is 3.68. The zero-order valence-electron chi connectivity index (χ0n) is 12.5. The number of nitriles is 1. The smallest absolute Gasteiger partial charge is 0.273 e. The maximum absolute atomic E-state index is 12.2. The first-order valence-corrected chi connectivity index (χ1v) is 7.14. The van der Waals surface area contributed by atoms with Crippen molar-refractivity contribution in [2.24, 2.45) is 0 Å². The maximum Gasteiger partial charge on any atom is 0.273 e. The Morgan fingerprint density at radius 1 is 1.39 bits per heavy atom. The van der Waals surface area contributed by atoms with E-state index >= 15 is 0 Å². The first-order valence-electron chi connectivity index (χ1n) is 7.14. The molecule has 1 aliphatic heterocycles. The van der Waals surface area contributed by atoms with Crippen LogP contribution in [0.2, 0.25) is 0 Å². The predicted octanol–water partition coefficient (Wildman–Crippen LogP) is 1.52. The van der Waals surface area contributed by atoms with Crippen molar-refractivity contribution in [1.82, 2.24) is 9.97 Å². The molecular formula is C16H15N5O2. The summed E-state index contributed by atoms with van der Waals surface area (Å²) < 4.78 is 0. The number of rotatable bonds is 3. The van der Waals surface area contributed by atoms with Crippen molar-refractivity contribution in [2.45, 2.75) is 18.9 Å². The molecule has 1 saturated heterocycles. The number of aliphatic hydroxyl groups is 1. The van der Waals surface area contributed by atoms with Crippen LogP contribution in [0, 0.1) is 18.3 Å². The summed E-state index contributed by atoms with van der Waals surface area (Å²) in [6, 6.07) is 10.6. The van der Waals surface area contributed by atoms with Crippen molar-refractivity contribution in [2.75, 3.05) is 16.8 Å². The van der Waals surface area contributed by atoms with E-state index < -0.39 is 11.5 Å². The van der Waals surface area contributed by atoms with Crippen LogP contribution in [0.4, 0.5) is 17.3 Å². The number of carbonyl (C=O) groups excluding carboxylic acids is 1. The van der Waals surface area contributed by atoms with Gasteiger partial charge in [-0.15, -0.1) is 0 Å². The summed E-state index contributed by atoms with van der Waals surface area (Å²) in [6.07, 6.45) is 1.65. The highest BCUT2D eigenvalue weighted by Gasteiger charge is 2.46. The van der Waals surface area contributed by atoms with Gasteiger partial charge in [0.05, 0.1) is 0 Å². The van der Waals surface area contributed by atoms with Crippen molar-refractivity contribution in [3.05, 3.63) is 42.2 Å². The fourth-order valence-electron chi connectivity index (χ4n) is 2.45. The summed E-state index contributed by atoms with van der Waals surface area (Å²) in [7, 11) is 0. The van der Waals surface area contributed by atoms with Gasteiger partial charge in [-0.2, -0.15) is 5.26 Å². The van der Waals surface area contributed by atoms with E-state index in [1.165, 1.54) is 4.90 Å². The highest BCUT2D eigenvalue weighted by Crippen LogP contribution is 2.29. The first-order chi connectivity index (χ1) is 11.0. The molecule has 0 unspecified atom stereocenters. The molecule has 116 valence electrons. The number of nitrogens with one attached hydrogen (secondary N) is 1. The van der Waals surface area contributed by atoms with Gasteiger partial charge in [-0.1, -0.05) is 6.07 Å². The van der Waals surface area contributed by atoms with Crippen molar-refractivity contribution in [3.8, 4) is 6.07 Å². The van der Waals surface area contributed by atoms with Crippen molar-refractivity contribution in [1.29, 1.82) is 5.26 Å². The van der Waals surface area contributed by atoms with E-state index in [-0.39, 0.29) is 13.0 Å². The Balaban J connectivity index is 1.84. The van der Waals surface area contributed by atoms with Gasteiger partial charge < -0.3 is 15.3 Å². The number of amides is 1. The number of hydrogen-bond acceptors (Lipinski definition) is 6. The molecule has 0 aromatic carbocycles. The fourth-order valence-corrected chi connectivity index (χ4v) is 2.45. The zero-order valence-corrected chi connectivity index (χ0v) is 12.5. The van der Waals surface area contributed by atoms with Crippen LogP contribution in [-0.2, 0) is 4.79 Å². The molecule has 23 heavy (non-hydrogen) atoms. The molecule has 1 aliphatic rings. The van der Waals surface area contributed by atoms with E-state index in [0.717, 1.165) is 5.69 Å². The Hall–Kier alpha value is -2.98. The molecule has 2 aromatic rings. The molecule has 7 heteroatoms. The lowest BCUT2D eigenvalue weighted by atomic mass is 10.1. The third-order valence-corrected chi connectivity index (χ3v) is 3.68. The van der Waals surface area contributed by atoms with Crippen LogP contribution < -0.4 is 10.2 Å². The van der Waals surface area contributed by atoms with Gasteiger partial charge in [0.1, 0.15) is 17.7 Å². The van der Waals surface area contributed by atoms with E-state index in [9.17, 15) is 9.90 Å². The van der Waals surface area contributed by atoms with Gasteiger partial charge in [0, 0.05) is 36.6 Å². The van der Waals surface area contributed by atoms with E-state index in [4.69, 9.17) is 5.26 Å². The summed E-state index contributed by atoms with van der Waals surface area (Å²) in [5.41, 5.74) is -0.485. The molecule has 0 radical (unpaired) electrons. The molecule has 0 saturated carbocycles. The Morgan fingerprint density at radius 3 is 2.91 bits per heavy atom. The van der Waals surface area contributed by atoms with Crippen LogP contribution in [0.25, 0.3) is 0 Å². The average molecular weight is 309 g/mol. The molecule has 2 aromatic heterocycles. The molecule has 7 nitrogen and oxygen atoms in total. The van der Waals surface area contributed by atoms with Crippen LogP contribution in [-0.4, -0.2) is 33.1 Å². The molecule has 1 amide bonds. The number of pyridine rings is 2. The van der Waals surface area contributed by atoms with E-state index in [0.29, 0.717) is 17.3 Å². The lowest BCUT2D eigenvalue weighted by Gasteiger charge is -2.18. The number of hydrogen-bond donors (Lipinski definition) is 2. The number of aromatic nitrogens is 2. The topological polar surface area (TPSA) is 102 Å². The van der Waals surface area contributed by atoms with Gasteiger partial charge in [0.15, 0.2) is 0 Å². The van der Waals surface area contributed by atoms with Gasteiger partial charge in [0.25, 0.3) is 5.91 Å². The SMILES string of the molecule is Cc1cccc(Nc2cc(N3CC[C@](O)(C#N)C3=O)ccn2)n1. The summed E-state index contributed by atoms with van der Waals surface area (Å²) in [5.74, 6) is 0.572. The van der Waals surface area contributed by atoms with Crippen molar-refractivity contribution in [3.63, 3.8) is 0 Å². The Morgan fingerprint density at radius 2 is 2.22 bits per heavy atom. The van der Waals surface area contributed by atoms with Crippen LogP contribution >= 0.6 is 0 Å². The second kappa shape index (κ2) is 5.66. The average Bonchev–Trinajstić information content (AvgIpc) is 2.84. The summed E-state index contributed by atoms with van der Waals surface area (Å²) in [4.78, 5) is 22.1. The Labute approximate surface area is 133 Å². The minimum absolute atomic E-state index is 0.0901. The van der Waals surface area contributed by atoms with Gasteiger partial charge in [0.2, 0.25) is 5.60 Å². The number of anilines is 3. The monoisotopic (exact) mass is 309 g/mol. The second-order valence-corrected chi connectivity index (χ2v) is 5.37. The van der Waals surface area contributed by atoms with Gasteiger partial charge in [-0.05, 0) is 25.1 Å². The van der Waals surface area contributed by atoms with Gasteiger partial charge in [-0.25, -0.2) is 9.97 Å². The first kappa shape index (κ1) is 14.9. The molecule has 0 aliphatic carbocycles. The maximum atomic E-state index is 12.2. The summed E-state index contributed by atoms with van der Waals surface area (Å²) in [6.45, 7) is 2.18. The van der Waals surface area contributed by atoms with Crippen molar-refractivity contribution >= 4 is 23.2 Å². The molecular weight excluding hydrogens is 294 g/mol. The normalized spacial score (nSPS) is 20.4. The third-order valence-electron chi connectivity index (χ3n) is 3.68. The molecule has 0 spiro atoms. The van der Waals surface area contributed by atoms with Crippen LogP contribution in [0.5, 0.6) is 0 Å². The fraction of sp³-hybridized carbons (Fsp3) is 0.250. The van der Waals surface area contributed by atoms with Crippen LogP contribution in [0.3, 0.4) is 0 Å². The van der Waals surface area contributed by atoms with Gasteiger partial charge in [-0.3, -0.25) is 4.79 Å². The number of aryl methyl sites for hydroxylation is 1. The molecule has 1 fully saturated rings. The van der Waals surface area contributed by atoms with Gasteiger partial charge >= 0.3 is 0 Å². The molecule has 1 atom stereocenters. The lowest BCUT2D eigenvalue weighted by molar-refractivity contribution is -0.128. The van der Waals surface area contributed by atoms with E-state index in [1.807, 2.05) is 25.1 Å². The molecule has 0 bridgehead atoms. The number of nitrogens with zero attached hydrogens (tertiary/aromatic N) is 4. The molecule has 3 heterocycles. The summed E-state index contributed by atoms with van der Waals surface area (Å²) in [5, 5.41) is 22.0. The Bertz CT molecular complexity index is 801. The van der Waals surface area contributed by atoms with Crippen LogP contribution in [0.1, 0.15) is 12.1 Å². The largest absolute Gasteiger partial charge is 0.368 e. The minimum Gasteiger partial charge on any atom is -0.368 e. The summed E-state index contributed by atoms with van der Waals surface area (Å²) >= 11 is 0. The highest BCUT2D eigenvalue weighted by atomic mass is 16.3. The zero-order chi connectivity index (χ0) is 16.4. The standard InChI is InChI=1S/C16H15N5O2/c1-11-3-2-4-13(19-11)20-14-9-12(5-7-18-14)21-8-6-16(23,10-17)15(21)22/h2-5,7,9,23H,6,8H2,1H3,(H,18,19,20)/t16-/m0/s1. The molecule has 3 rings (SSSR count). The van der Waals surface area contributed by atoms with Crippen LogP contribution in [0.15, 0.2) is 36.5 Å². The highest BCUT2D eigenvalue weighted by molar-refractivity contribution is 6.03. The number of carbonyl (C=O) groups is 1. The minimum atomic E-state index is -1.94. The quantitative estimate of drug-likeness (QED) is 0.833. The van der Waals surface area contributed by atoms with E-state index in [1.54, 1.807) is 24.4 Å². The lowest BCUT2D eigenvalue weighted by Crippen LogP contribution is -2.38. The van der Waals surface area contributed by atoms with E-state index in [2.05, 4.69) is 15.3 Å². The molecule has 2 N–H and O–H groups in total.